The zero-order valence-electron chi connectivity index (χ0n) is 28.4. The predicted octanol–water partition coefficient (Wildman–Crippen LogP) is 11.1. The molecule has 0 aliphatic rings. The van der Waals surface area contributed by atoms with Gasteiger partial charge in [-0.2, -0.15) is 26.3 Å². The SMILES string of the molecule is N=C(SC(=N)c1ccc2c(ccc3nc(C(=N)SC(=N)c4cccc(-c5cccc(C(F)(F)F)c5)n4)ccc32)n1)c1cccc(-c2cccc(C(F)(F)F)c2)n1. The molecule has 8 nitrogen and oxygen atoms in total. The van der Waals surface area contributed by atoms with Crippen molar-refractivity contribution in [2.24, 2.45) is 0 Å². The van der Waals surface area contributed by atoms with Crippen LogP contribution in [0.3, 0.4) is 0 Å². The van der Waals surface area contributed by atoms with E-state index in [-0.39, 0.29) is 65.5 Å². The van der Waals surface area contributed by atoms with E-state index < -0.39 is 23.5 Å². The second kappa shape index (κ2) is 15.1. The molecule has 278 valence electrons. The number of thioether (sulfide) groups is 2. The Morgan fingerprint density at radius 1 is 0.411 bits per heavy atom. The Balaban J connectivity index is 1.04. The molecule has 4 N–H and O–H groups in total. The van der Waals surface area contributed by atoms with Crippen LogP contribution in [0.15, 0.2) is 121 Å². The summed E-state index contributed by atoms with van der Waals surface area (Å²) < 4.78 is 79.5. The molecule has 7 aromatic rings. The van der Waals surface area contributed by atoms with E-state index in [2.05, 4.69) is 19.9 Å². The summed E-state index contributed by atoms with van der Waals surface area (Å²) in [5.41, 5.74) is 1.40. The fraction of sp³-hybridized carbons (Fsp3) is 0.0500. The lowest BCUT2D eigenvalue weighted by Crippen LogP contribution is -2.07. The van der Waals surface area contributed by atoms with Crippen molar-refractivity contribution in [3.63, 3.8) is 0 Å². The van der Waals surface area contributed by atoms with Crippen molar-refractivity contribution in [2.75, 3.05) is 0 Å². The van der Waals surface area contributed by atoms with Crippen LogP contribution in [0.5, 0.6) is 0 Å². The van der Waals surface area contributed by atoms with Crippen molar-refractivity contribution in [1.82, 2.24) is 19.9 Å². The first-order valence-corrected chi connectivity index (χ1v) is 18.0. The third-order valence-corrected chi connectivity index (χ3v) is 10.0. The van der Waals surface area contributed by atoms with Crippen molar-refractivity contribution in [2.45, 2.75) is 12.4 Å². The highest BCUT2D eigenvalue weighted by atomic mass is 32.2. The average molecular weight is 795 g/mol. The Kier molecular flexibility index (Phi) is 10.3. The van der Waals surface area contributed by atoms with E-state index in [0.717, 1.165) is 58.6 Å². The molecule has 0 bridgehead atoms. The van der Waals surface area contributed by atoms with Gasteiger partial charge in [0.1, 0.15) is 20.2 Å². The fourth-order valence-electron chi connectivity index (χ4n) is 5.64. The molecule has 0 saturated carbocycles. The molecule has 0 unspecified atom stereocenters. The summed E-state index contributed by atoms with van der Waals surface area (Å²) in [4.78, 5) is 18.0. The van der Waals surface area contributed by atoms with Gasteiger partial charge in [-0.1, -0.05) is 36.4 Å². The average Bonchev–Trinajstić information content (AvgIpc) is 3.19. The highest BCUT2D eigenvalue weighted by molar-refractivity contribution is 8.27. The molecule has 0 aliphatic heterocycles. The Morgan fingerprint density at radius 2 is 0.768 bits per heavy atom. The quantitative estimate of drug-likeness (QED) is 0.0570. The van der Waals surface area contributed by atoms with Gasteiger partial charge in [0.15, 0.2) is 0 Å². The highest BCUT2D eigenvalue weighted by Crippen LogP contribution is 2.34. The predicted molar refractivity (Wildman–Crippen MR) is 209 cm³/mol. The lowest BCUT2D eigenvalue weighted by Gasteiger charge is -2.11. The number of pyridine rings is 4. The van der Waals surface area contributed by atoms with Crippen LogP contribution in [0.4, 0.5) is 26.3 Å². The van der Waals surface area contributed by atoms with Gasteiger partial charge in [-0.05, 0) is 108 Å². The maximum atomic E-state index is 13.3. The minimum Gasteiger partial charge on any atom is -0.292 e. The van der Waals surface area contributed by atoms with E-state index in [1.165, 1.54) is 24.3 Å². The molecular formula is C40H24F6N8S2. The van der Waals surface area contributed by atoms with Gasteiger partial charge in [0.2, 0.25) is 0 Å². The van der Waals surface area contributed by atoms with E-state index in [1.54, 1.807) is 72.8 Å². The number of hydrogen-bond acceptors (Lipinski definition) is 10. The molecule has 0 saturated heterocycles. The standard InChI is InChI=1S/C40H24F6N8S2/c41-39(42,43)23-7-1-5-21(19-23)27-9-3-11-31(51-27)35(47)55-37(49)33-15-13-25-26-14-16-34(54-30(26)18-17-29(25)53-33)38(50)56-36(48)32-12-4-10-28(52-32)22-6-2-8-24(20-22)40(44,45)46/h1-20,47-50H. The molecule has 0 fully saturated rings. The summed E-state index contributed by atoms with van der Waals surface area (Å²) in [7, 11) is 0. The van der Waals surface area contributed by atoms with Gasteiger partial charge >= 0.3 is 12.4 Å². The summed E-state index contributed by atoms with van der Waals surface area (Å²) >= 11 is 1.60. The molecule has 16 heteroatoms. The van der Waals surface area contributed by atoms with Crippen molar-refractivity contribution >= 4 is 65.5 Å². The first-order chi connectivity index (χ1) is 26.6. The molecule has 3 aromatic carbocycles. The van der Waals surface area contributed by atoms with E-state index in [4.69, 9.17) is 21.6 Å². The minimum absolute atomic E-state index is 0.0421. The van der Waals surface area contributed by atoms with Crippen molar-refractivity contribution in [3.8, 4) is 22.5 Å². The van der Waals surface area contributed by atoms with E-state index >= 15 is 0 Å². The normalized spacial score (nSPS) is 11.8. The molecular weight excluding hydrogens is 771 g/mol. The summed E-state index contributed by atoms with van der Waals surface area (Å²) in [6, 6.07) is 29.1. The zero-order chi connectivity index (χ0) is 39.8. The molecule has 4 aromatic heterocycles. The van der Waals surface area contributed by atoms with Crippen LogP contribution in [0.25, 0.3) is 44.3 Å². The van der Waals surface area contributed by atoms with Crippen LogP contribution in [0, 0.1) is 21.6 Å². The first kappa shape index (κ1) is 38.0. The first-order valence-electron chi connectivity index (χ1n) is 16.4. The van der Waals surface area contributed by atoms with Crippen LogP contribution < -0.4 is 0 Å². The largest absolute Gasteiger partial charge is 0.416 e. The summed E-state index contributed by atoms with van der Waals surface area (Å²) in [6.07, 6.45) is -9.03. The minimum atomic E-state index is -4.52. The number of fused-ring (bicyclic) bond motifs is 3. The number of halogens is 6. The molecule has 0 spiro atoms. The Bertz CT molecular complexity index is 2550. The third-order valence-electron chi connectivity index (χ3n) is 8.35. The number of benzene rings is 3. The number of nitrogens with zero attached hydrogens (tertiary/aromatic N) is 4. The Hall–Kier alpha value is -6.26. The van der Waals surface area contributed by atoms with Gasteiger partial charge in [-0.15, -0.1) is 0 Å². The van der Waals surface area contributed by atoms with E-state index in [9.17, 15) is 26.3 Å². The van der Waals surface area contributed by atoms with Gasteiger partial charge in [0.25, 0.3) is 0 Å². The third kappa shape index (κ3) is 8.21. The van der Waals surface area contributed by atoms with E-state index in [1.807, 2.05) is 0 Å². The van der Waals surface area contributed by atoms with Crippen LogP contribution in [0.2, 0.25) is 0 Å². The summed E-state index contributed by atoms with van der Waals surface area (Å²) in [5.74, 6) is 0. The number of rotatable bonds is 6. The van der Waals surface area contributed by atoms with Crippen LogP contribution >= 0.6 is 23.5 Å². The van der Waals surface area contributed by atoms with Crippen LogP contribution in [-0.4, -0.2) is 40.1 Å². The lowest BCUT2D eigenvalue weighted by atomic mass is 10.1. The van der Waals surface area contributed by atoms with Gasteiger partial charge < -0.3 is 0 Å². The molecule has 0 atom stereocenters. The van der Waals surface area contributed by atoms with Gasteiger partial charge in [0.05, 0.1) is 56.3 Å². The summed E-state index contributed by atoms with van der Waals surface area (Å²) in [6.45, 7) is 0. The van der Waals surface area contributed by atoms with Gasteiger partial charge in [-0.25, -0.2) is 19.9 Å². The van der Waals surface area contributed by atoms with Crippen LogP contribution in [0.1, 0.15) is 33.9 Å². The second-order valence-electron chi connectivity index (χ2n) is 12.1. The number of nitrogens with one attached hydrogen (secondary N) is 4. The molecule has 0 aliphatic carbocycles. The highest BCUT2D eigenvalue weighted by Gasteiger charge is 2.31. The molecule has 0 radical (unpaired) electrons. The Labute approximate surface area is 322 Å². The monoisotopic (exact) mass is 794 g/mol. The van der Waals surface area contributed by atoms with Crippen molar-refractivity contribution < 1.29 is 26.3 Å². The van der Waals surface area contributed by atoms with Gasteiger partial charge in [-0.3, -0.25) is 21.6 Å². The number of alkyl halides is 6. The summed E-state index contributed by atoms with van der Waals surface area (Å²) in [5, 5.41) is 35.6. The zero-order valence-corrected chi connectivity index (χ0v) is 30.1. The van der Waals surface area contributed by atoms with Crippen molar-refractivity contribution in [3.05, 3.63) is 155 Å². The smallest absolute Gasteiger partial charge is 0.292 e. The maximum Gasteiger partial charge on any atom is 0.416 e. The second-order valence-corrected chi connectivity index (χ2v) is 14.1. The molecule has 4 heterocycles. The van der Waals surface area contributed by atoms with E-state index in [0.29, 0.717) is 11.0 Å². The van der Waals surface area contributed by atoms with Crippen LogP contribution in [-0.2, 0) is 12.4 Å². The molecule has 7 rings (SSSR count). The fourth-order valence-corrected chi connectivity index (χ4v) is 6.92. The topological polar surface area (TPSA) is 147 Å². The maximum absolute atomic E-state index is 13.3. The lowest BCUT2D eigenvalue weighted by molar-refractivity contribution is -0.138. The number of hydrogen-bond donors (Lipinski definition) is 4. The Morgan fingerprint density at radius 3 is 1.14 bits per heavy atom. The molecule has 0 amide bonds. The molecule has 56 heavy (non-hydrogen) atoms. The van der Waals surface area contributed by atoms with Gasteiger partial charge in [0, 0.05) is 21.9 Å². The number of aromatic nitrogens is 4. The van der Waals surface area contributed by atoms with Crippen molar-refractivity contribution in [1.29, 1.82) is 21.6 Å².